The molecule has 3 nitrogen and oxygen atoms in total. The van der Waals surface area contributed by atoms with E-state index in [1.165, 1.54) is 6.42 Å². The van der Waals surface area contributed by atoms with E-state index in [-0.39, 0.29) is 11.3 Å². The zero-order valence-corrected chi connectivity index (χ0v) is 14.1. The number of halogens is 1. The van der Waals surface area contributed by atoms with Crippen LogP contribution in [0, 0.1) is 17.3 Å². The van der Waals surface area contributed by atoms with E-state index in [1.807, 2.05) is 24.3 Å². The number of benzene rings is 1. The van der Waals surface area contributed by atoms with Crippen LogP contribution in [0.4, 0.5) is 0 Å². The Morgan fingerprint density at radius 1 is 1.22 bits per heavy atom. The molecule has 5 rings (SSSR count). The summed E-state index contributed by atoms with van der Waals surface area (Å²) >= 11 is 6.14. The van der Waals surface area contributed by atoms with Gasteiger partial charge in [0.05, 0.1) is 5.60 Å². The van der Waals surface area contributed by atoms with Crippen molar-refractivity contribution in [3.63, 3.8) is 0 Å². The van der Waals surface area contributed by atoms with Gasteiger partial charge in [0.15, 0.2) is 0 Å². The van der Waals surface area contributed by atoms with Gasteiger partial charge in [0.2, 0.25) is 5.91 Å². The van der Waals surface area contributed by atoms with E-state index in [1.54, 1.807) is 0 Å². The quantitative estimate of drug-likeness (QED) is 0.883. The summed E-state index contributed by atoms with van der Waals surface area (Å²) in [7, 11) is 0. The number of hydrogen-bond acceptors (Lipinski definition) is 2. The summed E-state index contributed by atoms with van der Waals surface area (Å²) in [5.74, 6) is 1.34. The molecule has 4 saturated carbocycles. The summed E-state index contributed by atoms with van der Waals surface area (Å²) in [6, 6.07) is 7.61. The number of aliphatic hydroxyl groups is 1. The molecule has 2 atom stereocenters. The zero-order valence-electron chi connectivity index (χ0n) is 13.4. The van der Waals surface area contributed by atoms with Gasteiger partial charge in [-0.2, -0.15) is 0 Å². The number of carbonyl (C=O) groups excluding carboxylic acids is 1. The van der Waals surface area contributed by atoms with E-state index in [2.05, 4.69) is 5.32 Å². The average Bonchev–Trinajstić information content (AvgIpc) is 2.43. The fourth-order valence-electron chi connectivity index (χ4n) is 5.85. The molecule has 2 N–H and O–H groups in total. The SMILES string of the molecule is O=C(CC12C[C@H]3C[C@@H](CC(O)(C3)C1)C2)NCc1ccccc1Cl. The van der Waals surface area contributed by atoms with Crippen LogP contribution in [0.15, 0.2) is 24.3 Å². The Kier molecular flexibility index (Phi) is 3.69. The summed E-state index contributed by atoms with van der Waals surface area (Å²) in [6.45, 7) is 0.478. The Morgan fingerprint density at radius 2 is 1.91 bits per heavy atom. The topological polar surface area (TPSA) is 49.3 Å². The van der Waals surface area contributed by atoms with Crippen molar-refractivity contribution >= 4 is 17.5 Å². The van der Waals surface area contributed by atoms with E-state index < -0.39 is 5.60 Å². The smallest absolute Gasteiger partial charge is 0.220 e. The summed E-state index contributed by atoms with van der Waals surface area (Å²) in [5, 5.41) is 14.5. The molecule has 0 heterocycles. The number of rotatable bonds is 4. The van der Waals surface area contributed by atoms with Crippen LogP contribution in [0.3, 0.4) is 0 Å². The number of amides is 1. The van der Waals surface area contributed by atoms with Crippen molar-refractivity contribution in [2.75, 3.05) is 0 Å². The van der Waals surface area contributed by atoms with E-state index >= 15 is 0 Å². The second-order valence-electron chi connectivity index (χ2n) is 8.23. The minimum atomic E-state index is -0.493. The Balaban J connectivity index is 1.40. The summed E-state index contributed by atoms with van der Waals surface area (Å²) in [4.78, 5) is 12.5. The zero-order chi connectivity index (χ0) is 16.1. The third-order valence-corrected chi connectivity index (χ3v) is 6.49. The van der Waals surface area contributed by atoms with Crippen LogP contribution < -0.4 is 5.32 Å². The van der Waals surface area contributed by atoms with Crippen molar-refractivity contribution < 1.29 is 9.90 Å². The van der Waals surface area contributed by atoms with Gasteiger partial charge in [-0.05, 0) is 67.4 Å². The van der Waals surface area contributed by atoms with Gasteiger partial charge in [0.25, 0.3) is 0 Å². The lowest BCUT2D eigenvalue weighted by atomic mass is 9.47. The first kappa shape index (κ1) is 15.5. The van der Waals surface area contributed by atoms with Gasteiger partial charge in [-0.1, -0.05) is 29.8 Å². The van der Waals surface area contributed by atoms with Crippen LogP contribution in [-0.2, 0) is 11.3 Å². The number of hydrogen-bond donors (Lipinski definition) is 2. The van der Waals surface area contributed by atoms with E-state index in [0.29, 0.717) is 29.8 Å². The maximum atomic E-state index is 12.5. The highest BCUT2D eigenvalue weighted by atomic mass is 35.5. The first-order chi connectivity index (χ1) is 11.0. The van der Waals surface area contributed by atoms with E-state index in [0.717, 1.165) is 37.7 Å². The van der Waals surface area contributed by atoms with Crippen molar-refractivity contribution in [1.82, 2.24) is 5.32 Å². The fraction of sp³-hybridized carbons (Fsp3) is 0.632. The molecule has 124 valence electrons. The van der Waals surface area contributed by atoms with Crippen LogP contribution in [0.2, 0.25) is 5.02 Å². The molecule has 0 radical (unpaired) electrons. The van der Waals surface area contributed by atoms with Gasteiger partial charge >= 0.3 is 0 Å². The number of carbonyl (C=O) groups is 1. The van der Waals surface area contributed by atoms with Crippen LogP contribution in [-0.4, -0.2) is 16.6 Å². The van der Waals surface area contributed by atoms with Crippen molar-refractivity contribution in [2.45, 2.75) is 57.1 Å². The third-order valence-electron chi connectivity index (χ3n) is 6.12. The molecule has 4 fully saturated rings. The lowest BCUT2D eigenvalue weighted by molar-refractivity contribution is -0.169. The van der Waals surface area contributed by atoms with Crippen molar-refractivity contribution in [1.29, 1.82) is 0 Å². The van der Waals surface area contributed by atoms with Crippen molar-refractivity contribution in [3.05, 3.63) is 34.9 Å². The second-order valence-corrected chi connectivity index (χ2v) is 8.64. The van der Waals surface area contributed by atoms with Crippen LogP contribution in [0.1, 0.15) is 50.5 Å². The lowest BCUT2D eigenvalue weighted by Gasteiger charge is -2.60. The highest BCUT2D eigenvalue weighted by molar-refractivity contribution is 6.31. The van der Waals surface area contributed by atoms with Gasteiger partial charge in [-0.25, -0.2) is 0 Å². The molecule has 0 spiro atoms. The summed E-state index contributed by atoms with van der Waals surface area (Å²) in [6.07, 6.45) is 6.75. The molecule has 0 unspecified atom stereocenters. The summed E-state index contributed by atoms with van der Waals surface area (Å²) in [5.41, 5.74) is 0.489. The van der Waals surface area contributed by atoms with Crippen LogP contribution in [0.25, 0.3) is 0 Å². The van der Waals surface area contributed by atoms with Gasteiger partial charge in [0.1, 0.15) is 0 Å². The molecule has 4 aliphatic carbocycles. The molecule has 4 bridgehead atoms. The predicted octanol–water partition coefficient (Wildman–Crippen LogP) is 3.68. The number of nitrogens with one attached hydrogen (secondary N) is 1. The average molecular weight is 334 g/mol. The van der Waals surface area contributed by atoms with Crippen LogP contribution >= 0.6 is 11.6 Å². The highest BCUT2D eigenvalue weighted by Crippen LogP contribution is 2.62. The monoisotopic (exact) mass is 333 g/mol. The van der Waals surface area contributed by atoms with E-state index in [4.69, 9.17) is 11.6 Å². The van der Waals surface area contributed by atoms with Gasteiger partial charge in [-0.15, -0.1) is 0 Å². The molecule has 0 aliphatic heterocycles. The Labute approximate surface area is 142 Å². The minimum absolute atomic E-state index is 0.0311. The summed E-state index contributed by atoms with van der Waals surface area (Å²) < 4.78 is 0. The highest BCUT2D eigenvalue weighted by Gasteiger charge is 2.57. The van der Waals surface area contributed by atoms with Gasteiger partial charge in [0, 0.05) is 18.0 Å². The molecule has 23 heavy (non-hydrogen) atoms. The minimum Gasteiger partial charge on any atom is -0.390 e. The van der Waals surface area contributed by atoms with Gasteiger partial charge < -0.3 is 10.4 Å². The first-order valence-electron chi connectivity index (χ1n) is 8.68. The largest absolute Gasteiger partial charge is 0.390 e. The standard InChI is InChI=1S/C19H24ClNO2/c20-16-4-2-1-3-15(16)11-21-17(22)10-18-6-13-5-14(7-18)9-19(23,8-13)12-18/h1-4,13-14,23H,5-12H2,(H,21,22)/t13-,14-,18?,19?/m1/s1. The van der Waals surface area contributed by atoms with Crippen molar-refractivity contribution in [3.8, 4) is 0 Å². The molecule has 0 saturated heterocycles. The molecule has 1 aromatic carbocycles. The molecule has 1 amide bonds. The Bertz CT molecular complexity index is 616. The maximum absolute atomic E-state index is 12.5. The van der Waals surface area contributed by atoms with Gasteiger partial charge in [-0.3, -0.25) is 4.79 Å². The fourth-order valence-corrected chi connectivity index (χ4v) is 6.05. The molecular weight excluding hydrogens is 310 g/mol. The van der Waals surface area contributed by atoms with Crippen molar-refractivity contribution in [2.24, 2.45) is 17.3 Å². The molecule has 1 aromatic rings. The molecule has 0 aromatic heterocycles. The third kappa shape index (κ3) is 3.01. The predicted molar refractivity (Wildman–Crippen MR) is 90.0 cm³/mol. The first-order valence-corrected chi connectivity index (χ1v) is 9.06. The van der Waals surface area contributed by atoms with E-state index in [9.17, 15) is 9.90 Å². The normalized spacial score (nSPS) is 37.8. The maximum Gasteiger partial charge on any atom is 0.220 e. The Morgan fingerprint density at radius 3 is 2.57 bits per heavy atom. The lowest BCUT2D eigenvalue weighted by Crippen LogP contribution is -2.56. The molecule has 4 heteroatoms. The van der Waals surface area contributed by atoms with Crippen LogP contribution in [0.5, 0.6) is 0 Å². The molecule has 4 aliphatic rings. The second kappa shape index (κ2) is 5.49. The molecular formula is C19H24ClNO2. The Hall–Kier alpha value is -1.06.